The lowest BCUT2D eigenvalue weighted by Crippen LogP contribution is -2.45. The number of primary amides is 1. The van der Waals surface area contributed by atoms with Gasteiger partial charge in [0.2, 0.25) is 0 Å². The summed E-state index contributed by atoms with van der Waals surface area (Å²) in [6.07, 6.45) is 5.12. The average molecular weight is 185 g/mol. The van der Waals surface area contributed by atoms with Crippen LogP contribution in [0.3, 0.4) is 0 Å². The van der Waals surface area contributed by atoms with Crippen LogP contribution < -0.4 is 11.2 Å². The molecule has 0 aliphatic heterocycles. The summed E-state index contributed by atoms with van der Waals surface area (Å²) in [5, 5.41) is 1.77. The highest BCUT2D eigenvalue weighted by Crippen LogP contribution is 1.95. The summed E-state index contributed by atoms with van der Waals surface area (Å²) < 4.78 is 0. The first-order chi connectivity index (χ1) is 6.20. The van der Waals surface area contributed by atoms with E-state index in [-0.39, 0.29) is 0 Å². The van der Waals surface area contributed by atoms with Crippen molar-refractivity contribution < 1.29 is 4.79 Å². The molecule has 0 aliphatic carbocycles. The highest BCUT2D eigenvalue weighted by molar-refractivity contribution is 5.70. The van der Waals surface area contributed by atoms with E-state index in [4.69, 9.17) is 5.73 Å². The summed E-state index contributed by atoms with van der Waals surface area (Å²) in [6, 6.07) is -0.515. The standard InChI is InChI=1S/C9H19N3O/c1-3-5-6-8-12(7-4-2)11-9(10)13/h4H,2-3,5-8H2,1H3,(H3,10,11,13). The highest BCUT2D eigenvalue weighted by atomic mass is 16.2. The zero-order valence-corrected chi connectivity index (χ0v) is 8.25. The maximum Gasteiger partial charge on any atom is 0.326 e. The molecule has 0 heterocycles. The predicted octanol–water partition coefficient (Wildman–Crippen LogP) is 1.25. The van der Waals surface area contributed by atoms with Crippen molar-refractivity contribution in [3.05, 3.63) is 12.7 Å². The minimum atomic E-state index is -0.515. The third-order valence-corrected chi connectivity index (χ3v) is 1.65. The molecule has 0 atom stereocenters. The van der Waals surface area contributed by atoms with Gasteiger partial charge in [0.25, 0.3) is 0 Å². The number of nitrogens with two attached hydrogens (primary N) is 1. The molecule has 0 aromatic carbocycles. The van der Waals surface area contributed by atoms with Gasteiger partial charge in [0.05, 0.1) is 0 Å². The lowest BCUT2D eigenvalue weighted by Gasteiger charge is -2.19. The van der Waals surface area contributed by atoms with Gasteiger partial charge in [0, 0.05) is 13.1 Å². The molecule has 0 rings (SSSR count). The van der Waals surface area contributed by atoms with Crippen LogP contribution in [0, 0.1) is 0 Å². The summed E-state index contributed by atoms with van der Waals surface area (Å²) in [5.41, 5.74) is 7.54. The number of hydrazine groups is 1. The summed E-state index contributed by atoms with van der Waals surface area (Å²) in [5.74, 6) is 0. The summed E-state index contributed by atoms with van der Waals surface area (Å²) >= 11 is 0. The number of carbonyl (C=O) groups is 1. The Morgan fingerprint density at radius 2 is 2.31 bits per heavy atom. The van der Waals surface area contributed by atoms with Crippen molar-refractivity contribution in [2.75, 3.05) is 13.1 Å². The second kappa shape index (κ2) is 7.61. The van der Waals surface area contributed by atoms with Crippen LogP contribution in [0.2, 0.25) is 0 Å². The largest absolute Gasteiger partial charge is 0.351 e. The van der Waals surface area contributed by atoms with Gasteiger partial charge in [-0.15, -0.1) is 6.58 Å². The molecular weight excluding hydrogens is 166 g/mol. The molecule has 4 nitrogen and oxygen atoms in total. The van der Waals surface area contributed by atoms with E-state index < -0.39 is 6.03 Å². The van der Waals surface area contributed by atoms with E-state index in [0.29, 0.717) is 6.54 Å². The molecule has 0 saturated heterocycles. The van der Waals surface area contributed by atoms with Gasteiger partial charge in [-0.05, 0) is 6.42 Å². The number of hydrogen-bond acceptors (Lipinski definition) is 2. The van der Waals surface area contributed by atoms with Crippen molar-refractivity contribution in [3.63, 3.8) is 0 Å². The van der Waals surface area contributed by atoms with Gasteiger partial charge in [0.1, 0.15) is 0 Å². The number of hydrogen-bond donors (Lipinski definition) is 2. The highest BCUT2D eigenvalue weighted by Gasteiger charge is 2.02. The van der Waals surface area contributed by atoms with Gasteiger partial charge < -0.3 is 5.73 Å². The summed E-state index contributed by atoms with van der Waals surface area (Å²) in [7, 11) is 0. The van der Waals surface area contributed by atoms with Crippen molar-refractivity contribution in [2.45, 2.75) is 26.2 Å². The number of carbonyl (C=O) groups excluding carboxylic acids is 1. The molecule has 13 heavy (non-hydrogen) atoms. The maximum atomic E-state index is 10.6. The smallest absolute Gasteiger partial charge is 0.326 e. The molecular formula is C9H19N3O. The molecule has 0 radical (unpaired) electrons. The molecule has 4 heteroatoms. The Kier molecular flexibility index (Phi) is 7.01. The Hall–Kier alpha value is -1.03. The number of nitrogens with zero attached hydrogens (tertiary/aromatic N) is 1. The maximum absolute atomic E-state index is 10.6. The minimum Gasteiger partial charge on any atom is -0.351 e. The van der Waals surface area contributed by atoms with Crippen LogP contribution in [0.25, 0.3) is 0 Å². The SMILES string of the molecule is C=CCN(CCCCC)NC(N)=O. The fourth-order valence-corrected chi connectivity index (χ4v) is 1.06. The van der Waals surface area contributed by atoms with E-state index in [2.05, 4.69) is 18.9 Å². The first kappa shape index (κ1) is 12.0. The zero-order valence-electron chi connectivity index (χ0n) is 8.25. The van der Waals surface area contributed by atoms with Gasteiger partial charge in [-0.25, -0.2) is 9.80 Å². The molecule has 0 aromatic rings. The lowest BCUT2D eigenvalue weighted by molar-refractivity contribution is 0.192. The Morgan fingerprint density at radius 3 is 2.77 bits per heavy atom. The third kappa shape index (κ3) is 7.33. The Balaban J connectivity index is 3.65. The first-order valence-corrected chi connectivity index (χ1v) is 4.62. The number of nitrogens with one attached hydrogen (secondary N) is 1. The molecule has 2 amide bonds. The van der Waals surface area contributed by atoms with Gasteiger partial charge in [-0.1, -0.05) is 25.8 Å². The topological polar surface area (TPSA) is 58.4 Å². The van der Waals surface area contributed by atoms with E-state index in [9.17, 15) is 4.79 Å². The molecule has 0 fully saturated rings. The molecule has 76 valence electrons. The lowest BCUT2D eigenvalue weighted by atomic mass is 10.2. The fourth-order valence-electron chi connectivity index (χ4n) is 1.06. The second-order valence-electron chi connectivity index (χ2n) is 2.92. The van der Waals surface area contributed by atoms with E-state index in [1.807, 2.05) is 0 Å². The Labute approximate surface area is 79.8 Å². The summed E-state index contributed by atoms with van der Waals surface area (Å²) in [4.78, 5) is 10.6. The van der Waals surface area contributed by atoms with Crippen molar-refractivity contribution in [1.29, 1.82) is 0 Å². The van der Waals surface area contributed by atoms with Gasteiger partial charge in [-0.3, -0.25) is 5.43 Å². The average Bonchev–Trinajstić information content (AvgIpc) is 2.04. The van der Waals surface area contributed by atoms with Crippen LogP contribution in [0.15, 0.2) is 12.7 Å². The number of urea groups is 1. The van der Waals surface area contributed by atoms with Gasteiger partial charge >= 0.3 is 6.03 Å². The van der Waals surface area contributed by atoms with Gasteiger partial charge in [-0.2, -0.15) is 0 Å². The molecule has 3 N–H and O–H groups in total. The van der Waals surface area contributed by atoms with Crippen LogP contribution in [0.5, 0.6) is 0 Å². The molecule has 0 bridgehead atoms. The number of rotatable bonds is 7. The first-order valence-electron chi connectivity index (χ1n) is 4.62. The summed E-state index contributed by atoms with van der Waals surface area (Å²) in [6.45, 7) is 7.19. The Morgan fingerprint density at radius 1 is 1.62 bits per heavy atom. The monoisotopic (exact) mass is 185 g/mol. The third-order valence-electron chi connectivity index (χ3n) is 1.65. The van der Waals surface area contributed by atoms with Crippen LogP contribution in [0.1, 0.15) is 26.2 Å². The fraction of sp³-hybridized carbons (Fsp3) is 0.667. The van der Waals surface area contributed by atoms with Crippen LogP contribution >= 0.6 is 0 Å². The van der Waals surface area contributed by atoms with Crippen molar-refractivity contribution in [3.8, 4) is 0 Å². The van der Waals surface area contributed by atoms with E-state index in [0.717, 1.165) is 19.4 Å². The van der Waals surface area contributed by atoms with Crippen LogP contribution in [-0.2, 0) is 0 Å². The van der Waals surface area contributed by atoms with Crippen LogP contribution in [0.4, 0.5) is 4.79 Å². The van der Waals surface area contributed by atoms with Crippen molar-refractivity contribution in [2.24, 2.45) is 5.73 Å². The Bertz CT molecular complexity index is 159. The van der Waals surface area contributed by atoms with Gasteiger partial charge in [0.15, 0.2) is 0 Å². The second-order valence-corrected chi connectivity index (χ2v) is 2.92. The van der Waals surface area contributed by atoms with E-state index in [1.165, 1.54) is 6.42 Å². The van der Waals surface area contributed by atoms with Crippen molar-refractivity contribution >= 4 is 6.03 Å². The molecule has 0 aliphatic rings. The number of unbranched alkanes of at least 4 members (excludes halogenated alkanes) is 2. The zero-order chi connectivity index (χ0) is 10.1. The molecule has 0 aromatic heterocycles. The van der Waals surface area contributed by atoms with E-state index >= 15 is 0 Å². The molecule has 0 saturated carbocycles. The van der Waals surface area contributed by atoms with Crippen LogP contribution in [-0.4, -0.2) is 24.1 Å². The molecule has 0 spiro atoms. The molecule has 0 unspecified atom stereocenters. The normalized spacial score (nSPS) is 10.0. The quantitative estimate of drug-likeness (QED) is 0.356. The van der Waals surface area contributed by atoms with Crippen molar-refractivity contribution in [1.82, 2.24) is 10.4 Å². The van der Waals surface area contributed by atoms with E-state index in [1.54, 1.807) is 11.1 Å². The predicted molar refractivity (Wildman–Crippen MR) is 54.0 cm³/mol. The minimum absolute atomic E-state index is 0.515. The number of amides is 2.